The van der Waals surface area contributed by atoms with E-state index in [1.807, 2.05) is 0 Å². The molecule has 1 aromatic carbocycles. The molecular formula is C21H22F3NO5. The molecule has 2 saturated carbocycles. The molecule has 0 spiro atoms. The number of ketones is 2. The molecular weight excluding hydrogens is 403 g/mol. The molecule has 0 aliphatic heterocycles. The van der Waals surface area contributed by atoms with E-state index in [4.69, 9.17) is 4.74 Å². The molecule has 0 bridgehead atoms. The van der Waals surface area contributed by atoms with Crippen LogP contribution in [0.4, 0.5) is 18.9 Å². The summed E-state index contributed by atoms with van der Waals surface area (Å²) in [7, 11) is 0. The fourth-order valence-corrected chi connectivity index (χ4v) is 4.53. The van der Waals surface area contributed by atoms with Crippen LogP contribution in [0.15, 0.2) is 30.3 Å². The Kier molecular flexibility index (Phi) is 6.28. The van der Waals surface area contributed by atoms with Gasteiger partial charge in [0.15, 0.2) is 17.5 Å². The molecule has 0 radical (unpaired) electrons. The number of esters is 1. The number of para-hydroxylation sites is 1. The van der Waals surface area contributed by atoms with Gasteiger partial charge < -0.3 is 4.74 Å². The fourth-order valence-electron chi connectivity index (χ4n) is 4.53. The normalized spacial score (nSPS) is 26.7. The molecule has 1 aromatic rings. The van der Waals surface area contributed by atoms with Crippen LogP contribution in [0.3, 0.4) is 0 Å². The monoisotopic (exact) mass is 425 g/mol. The standard InChI is InChI=1S/C21H22F3NO5/c1-2-30-20(29)15-13-10-6-7-11-14(13)17(26)16(18(15)27)19(28)25(21(22,23)24)12-8-4-3-5-9-12/h3-5,8-9,13-16H,2,6-7,10-11H2,1H3. The molecule has 2 fully saturated rings. The number of carbonyl (C=O) groups excluding carboxylic acids is 4. The predicted molar refractivity (Wildman–Crippen MR) is 99.1 cm³/mol. The van der Waals surface area contributed by atoms with Gasteiger partial charge >= 0.3 is 12.3 Å². The number of halogens is 3. The van der Waals surface area contributed by atoms with Gasteiger partial charge in [0.25, 0.3) is 5.91 Å². The summed E-state index contributed by atoms with van der Waals surface area (Å²) in [6.45, 7) is 1.52. The van der Waals surface area contributed by atoms with Gasteiger partial charge in [0.05, 0.1) is 12.3 Å². The lowest BCUT2D eigenvalue weighted by atomic mass is 9.61. The maximum atomic E-state index is 13.8. The molecule has 2 aliphatic carbocycles. The minimum Gasteiger partial charge on any atom is -0.465 e. The summed E-state index contributed by atoms with van der Waals surface area (Å²) in [5.74, 6) is -9.54. The zero-order valence-electron chi connectivity index (χ0n) is 16.4. The van der Waals surface area contributed by atoms with Crippen LogP contribution in [0.5, 0.6) is 0 Å². The van der Waals surface area contributed by atoms with Gasteiger partial charge in [0.2, 0.25) is 0 Å². The molecule has 0 aromatic heterocycles. The number of fused-ring (bicyclic) bond motifs is 1. The number of Topliss-reactive ketones (excluding diaryl/α,β-unsaturated/α-hetero) is 2. The zero-order chi connectivity index (χ0) is 22.1. The molecule has 0 saturated heterocycles. The highest BCUT2D eigenvalue weighted by Crippen LogP contribution is 2.44. The van der Waals surface area contributed by atoms with Crippen molar-refractivity contribution < 1.29 is 37.1 Å². The summed E-state index contributed by atoms with van der Waals surface area (Å²) in [6.07, 6.45) is -3.09. The van der Waals surface area contributed by atoms with Gasteiger partial charge in [0.1, 0.15) is 5.92 Å². The van der Waals surface area contributed by atoms with Gasteiger partial charge in [0, 0.05) is 5.92 Å². The van der Waals surface area contributed by atoms with Crippen LogP contribution in [0, 0.1) is 23.7 Å². The SMILES string of the molecule is CCOC(=O)C1C(=O)C(C(=O)N(c2ccccc2)C(F)(F)F)C(=O)C2CCCCC21. The smallest absolute Gasteiger partial charge is 0.465 e. The number of rotatable bonds is 4. The lowest BCUT2D eigenvalue weighted by molar-refractivity contribution is -0.166. The van der Waals surface area contributed by atoms with Crippen molar-refractivity contribution >= 4 is 29.1 Å². The maximum Gasteiger partial charge on any atom is 0.491 e. The zero-order valence-corrected chi connectivity index (χ0v) is 16.4. The number of anilines is 1. The average molecular weight is 425 g/mol. The average Bonchev–Trinajstić information content (AvgIpc) is 2.68. The molecule has 1 amide bonds. The summed E-state index contributed by atoms with van der Waals surface area (Å²) >= 11 is 0. The summed E-state index contributed by atoms with van der Waals surface area (Å²) in [6, 6.07) is 6.22. The van der Waals surface area contributed by atoms with E-state index in [0.717, 1.165) is 12.1 Å². The number of carbonyl (C=O) groups is 4. The third-order valence-corrected chi connectivity index (χ3v) is 5.76. The van der Waals surface area contributed by atoms with Crippen LogP contribution in [-0.4, -0.2) is 36.4 Å². The first-order chi connectivity index (χ1) is 14.2. The van der Waals surface area contributed by atoms with Gasteiger partial charge in [-0.1, -0.05) is 31.0 Å². The van der Waals surface area contributed by atoms with Crippen LogP contribution in [0.1, 0.15) is 32.6 Å². The lowest BCUT2D eigenvalue weighted by Gasteiger charge is -2.41. The number of benzene rings is 1. The number of nitrogens with zero attached hydrogens (tertiary/aromatic N) is 1. The Hall–Kier alpha value is -2.71. The second kappa shape index (κ2) is 8.57. The molecule has 9 heteroatoms. The summed E-state index contributed by atoms with van der Waals surface area (Å²) in [4.78, 5) is 51.1. The number of hydrogen-bond donors (Lipinski definition) is 0. The first-order valence-corrected chi connectivity index (χ1v) is 9.88. The van der Waals surface area contributed by atoms with E-state index in [1.165, 1.54) is 25.1 Å². The summed E-state index contributed by atoms with van der Waals surface area (Å²) < 4.78 is 46.3. The second-order valence-electron chi connectivity index (χ2n) is 7.50. The third kappa shape index (κ3) is 3.97. The van der Waals surface area contributed by atoms with Crippen molar-refractivity contribution in [1.82, 2.24) is 0 Å². The van der Waals surface area contributed by atoms with E-state index >= 15 is 0 Å². The molecule has 0 N–H and O–H groups in total. The van der Waals surface area contributed by atoms with E-state index in [0.29, 0.717) is 25.7 Å². The highest BCUT2D eigenvalue weighted by Gasteiger charge is 2.58. The Morgan fingerprint density at radius 1 is 1.07 bits per heavy atom. The molecule has 4 unspecified atom stereocenters. The van der Waals surface area contributed by atoms with E-state index in [9.17, 15) is 32.3 Å². The van der Waals surface area contributed by atoms with E-state index in [2.05, 4.69) is 0 Å². The van der Waals surface area contributed by atoms with Crippen molar-refractivity contribution in [3.8, 4) is 0 Å². The largest absolute Gasteiger partial charge is 0.491 e. The Balaban J connectivity index is 2.03. The fraction of sp³-hybridized carbons (Fsp3) is 0.524. The van der Waals surface area contributed by atoms with Gasteiger partial charge in [-0.2, -0.15) is 0 Å². The van der Waals surface area contributed by atoms with Gasteiger partial charge in [-0.15, -0.1) is 13.2 Å². The van der Waals surface area contributed by atoms with E-state index in [-0.39, 0.29) is 6.61 Å². The number of hydrogen-bond acceptors (Lipinski definition) is 5. The molecule has 162 valence electrons. The molecule has 6 nitrogen and oxygen atoms in total. The van der Waals surface area contributed by atoms with Crippen molar-refractivity contribution in [2.24, 2.45) is 23.7 Å². The molecule has 2 aliphatic rings. The minimum atomic E-state index is -5.15. The van der Waals surface area contributed by atoms with Crippen molar-refractivity contribution in [2.45, 2.75) is 38.9 Å². The Morgan fingerprint density at radius 2 is 1.70 bits per heavy atom. The highest BCUT2D eigenvalue weighted by molar-refractivity contribution is 6.27. The topological polar surface area (TPSA) is 80.8 Å². The third-order valence-electron chi connectivity index (χ3n) is 5.76. The molecule has 4 atom stereocenters. The van der Waals surface area contributed by atoms with Gasteiger partial charge in [-0.25, -0.2) is 4.90 Å². The van der Waals surface area contributed by atoms with Crippen LogP contribution in [-0.2, 0) is 23.9 Å². The number of ether oxygens (including phenoxy) is 1. The Bertz CT molecular complexity index is 839. The minimum absolute atomic E-state index is 0.0226. The van der Waals surface area contributed by atoms with E-state index in [1.54, 1.807) is 0 Å². The van der Waals surface area contributed by atoms with Gasteiger partial charge in [-0.3, -0.25) is 19.2 Å². The van der Waals surface area contributed by atoms with Crippen molar-refractivity contribution in [1.29, 1.82) is 0 Å². The lowest BCUT2D eigenvalue weighted by Crippen LogP contribution is -2.58. The van der Waals surface area contributed by atoms with Crippen LogP contribution in [0.25, 0.3) is 0 Å². The Morgan fingerprint density at radius 3 is 2.30 bits per heavy atom. The predicted octanol–water partition coefficient (Wildman–Crippen LogP) is 3.29. The summed E-state index contributed by atoms with van der Waals surface area (Å²) in [5.41, 5.74) is -0.506. The van der Waals surface area contributed by atoms with Crippen molar-refractivity contribution in [3.05, 3.63) is 30.3 Å². The molecule has 3 rings (SSSR count). The second-order valence-corrected chi connectivity index (χ2v) is 7.50. The van der Waals surface area contributed by atoms with Crippen molar-refractivity contribution in [3.63, 3.8) is 0 Å². The van der Waals surface area contributed by atoms with Crippen LogP contribution in [0.2, 0.25) is 0 Å². The van der Waals surface area contributed by atoms with Gasteiger partial charge in [-0.05, 0) is 37.8 Å². The number of alkyl halides is 3. The first kappa shape index (κ1) is 22.0. The quantitative estimate of drug-likeness (QED) is 0.420. The van der Waals surface area contributed by atoms with Crippen LogP contribution < -0.4 is 4.90 Å². The Labute approximate surface area is 171 Å². The maximum absolute atomic E-state index is 13.8. The van der Waals surface area contributed by atoms with E-state index < -0.39 is 64.0 Å². The first-order valence-electron chi connectivity index (χ1n) is 9.88. The highest BCUT2D eigenvalue weighted by atomic mass is 19.4. The van der Waals surface area contributed by atoms with Crippen LogP contribution >= 0.6 is 0 Å². The molecule has 0 heterocycles. The summed E-state index contributed by atoms with van der Waals surface area (Å²) in [5, 5.41) is 0. The van der Waals surface area contributed by atoms with Crippen molar-refractivity contribution in [2.75, 3.05) is 11.5 Å². The number of amides is 1. The molecule has 30 heavy (non-hydrogen) atoms.